The van der Waals surface area contributed by atoms with E-state index in [-0.39, 0.29) is 5.92 Å². The van der Waals surface area contributed by atoms with Gasteiger partial charge in [-0.05, 0) is 12.8 Å². The van der Waals surface area contributed by atoms with Crippen molar-refractivity contribution in [3.05, 3.63) is 0 Å². The van der Waals surface area contributed by atoms with Crippen LogP contribution in [0.5, 0.6) is 0 Å². The number of nitrogens with two attached hydrogens (primary N) is 1. The molecule has 11 heavy (non-hydrogen) atoms. The summed E-state index contributed by atoms with van der Waals surface area (Å²) in [6.07, 6.45) is 1.99. The second-order valence-corrected chi connectivity index (χ2v) is 4.58. The third-order valence-electron chi connectivity index (χ3n) is 2.04. The predicted molar refractivity (Wildman–Crippen MR) is 39.8 cm³/mol. The molecule has 2 N–H and O–H groups in total. The zero-order chi connectivity index (χ0) is 8.48. The van der Waals surface area contributed by atoms with Crippen LogP contribution in [-0.2, 0) is 10.0 Å². The molecule has 0 amide bonds. The standard InChI is InChI=1S/C6H10N2O2S/c7-4-5-2-1-3-6(5)11(8,9)10/h5-6H,1-3H2,(H2,8,9,10). The third-order valence-corrected chi connectivity index (χ3v) is 3.45. The molecule has 62 valence electrons. The van der Waals surface area contributed by atoms with Gasteiger partial charge < -0.3 is 0 Å². The van der Waals surface area contributed by atoms with Gasteiger partial charge in [0.2, 0.25) is 10.0 Å². The number of hydrogen-bond acceptors (Lipinski definition) is 3. The first kappa shape index (κ1) is 8.50. The molecule has 2 atom stereocenters. The first-order chi connectivity index (χ1) is 5.05. The van der Waals surface area contributed by atoms with Gasteiger partial charge in [0, 0.05) is 0 Å². The Morgan fingerprint density at radius 3 is 2.45 bits per heavy atom. The fourth-order valence-electron chi connectivity index (χ4n) is 1.47. The van der Waals surface area contributed by atoms with Gasteiger partial charge in [0.1, 0.15) is 0 Å². The molecular formula is C6H10N2O2S. The Labute approximate surface area is 66.1 Å². The van der Waals surface area contributed by atoms with Crippen molar-refractivity contribution in [1.82, 2.24) is 0 Å². The Morgan fingerprint density at radius 1 is 1.45 bits per heavy atom. The van der Waals surface area contributed by atoms with E-state index in [1.54, 1.807) is 0 Å². The third kappa shape index (κ3) is 1.70. The molecule has 1 aliphatic carbocycles. The maximum atomic E-state index is 10.8. The summed E-state index contributed by atoms with van der Waals surface area (Å²) in [6, 6.07) is 1.96. The van der Waals surface area contributed by atoms with Crippen LogP contribution in [-0.4, -0.2) is 13.7 Å². The summed E-state index contributed by atoms with van der Waals surface area (Å²) in [5.74, 6) is -0.384. The Hall–Kier alpha value is -0.600. The second-order valence-electron chi connectivity index (χ2n) is 2.79. The van der Waals surface area contributed by atoms with Crippen molar-refractivity contribution >= 4 is 10.0 Å². The molecule has 0 heterocycles. The molecule has 0 aliphatic heterocycles. The van der Waals surface area contributed by atoms with Crippen LogP contribution in [0.3, 0.4) is 0 Å². The van der Waals surface area contributed by atoms with E-state index in [1.165, 1.54) is 0 Å². The highest BCUT2D eigenvalue weighted by Gasteiger charge is 2.35. The van der Waals surface area contributed by atoms with Crippen LogP contribution in [0.25, 0.3) is 0 Å². The molecule has 0 saturated heterocycles. The quantitative estimate of drug-likeness (QED) is 0.605. The average molecular weight is 174 g/mol. The monoisotopic (exact) mass is 174 g/mol. The van der Waals surface area contributed by atoms with E-state index in [0.717, 1.165) is 6.42 Å². The van der Waals surface area contributed by atoms with Gasteiger partial charge >= 0.3 is 0 Å². The zero-order valence-corrected chi connectivity index (χ0v) is 6.84. The molecule has 0 radical (unpaired) electrons. The summed E-state index contributed by atoms with van der Waals surface area (Å²) in [5, 5.41) is 12.8. The molecule has 0 aromatic rings. The van der Waals surface area contributed by atoms with Crippen molar-refractivity contribution in [2.45, 2.75) is 24.5 Å². The van der Waals surface area contributed by atoms with E-state index >= 15 is 0 Å². The van der Waals surface area contributed by atoms with Gasteiger partial charge in [-0.25, -0.2) is 13.6 Å². The van der Waals surface area contributed by atoms with Crippen LogP contribution in [0.2, 0.25) is 0 Å². The van der Waals surface area contributed by atoms with Gasteiger partial charge in [-0.15, -0.1) is 0 Å². The summed E-state index contributed by atoms with van der Waals surface area (Å²) in [5.41, 5.74) is 0. The summed E-state index contributed by atoms with van der Waals surface area (Å²) in [4.78, 5) is 0. The summed E-state index contributed by atoms with van der Waals surface area (Å²) < 4.78 is 21.7. The predicted octanol–water partition coefficient (Wildman–Crippen LogP) is -0.0328. The normalized spacial score (nSPS) is 31.6. The van der Waals surface area contributed by atoms with Crippen LogP contribution >= 0.6 is 0 Å². The number of primary sulfonamides is 1. The Morgan fingerprint density at radius 2 is 2.09 bits per heavy atom. The van der Waals surface area contributed by atoms with Crippen molar-refractivity contribution in [3.8, 4) is 6.07 Å². The second kappa shape index (κ2) is 2.80. The van der Waals surface area contributed by atoms with Crippen molar-refractivity contribution in [1.29, 1.82) is 5.26 Å². The molecule has 0 spiro atoms. The van der Waals surface area contributed by atoms with E-state index in [4.69, 9.17) is 10.4 Å². The molecular weight excluding hydrogens is 164 g/mol. The Balaban J connectivity index is 2.83. The lowest BCUT2D eigenvalue weighted by molar-refractivity contribution is 0.567. The molecule has 1 rings (SSSR count). The molecule has 0 aromatic carbocycles. The number of nitrogens with zero attached hydrogens (tertiary/aromatic N) is 1. The maximum Gasteiger partial charge on any atom is 0.213 e. The lowest BCUT2D eigenvalue weighted by Gasteiger charge is -2.08. The van der Waals surface area contributed by atoms with Gasteiger partial charge in [0.25, 0.3) is 0 Å². The lowest BCUT2D eigenvalue weighted by atomic mass is 10.1. The van der Waals surface area contributed by atoms with Crippen molar-refractivity contribution in [3.63, 3.8) is 0 Å². The smallest absolute Gasteiger partial charge is 0.213 e. The van der Waals surface area contributed by atoms with Gasteiger partial charge in [-0.1, -0.05) is 6.42 Å². The SMILES string of the molecule is N#CC1CCCC1S(N)(=O)=O. The summed E-state index contributed by atoms with van der Waals surface area (Å²) in [7, 11) is -3.49. The fraction of sp³-hybridized carbons (Fsp3) is 0.833. The van der Waals surface area contributed by atoms with E-state index in [1.807, 2.05) is 6.07 Å². The Kier molecular flexibility index (Phi) is 2.16. The van der Waals surface area contributed by atoms with Crippen LogP contribution < -0.4 is 5.14 Å². The molecule has 0 aromatic heterocycles. The van der Waals surface area contributed by atoms with Crippen LogP contribution in [0.1, 0.15) is 19.3 Å². The molecule has 5 heteroatoms. The Bertz CT molecular complexity index is 277. The first-order valence-electron chi connectivity index (χ1n) is 3.47. The highest BCUT2D eigenvalue weighted by Crippen LogP contribution is 2.28. The highest BCUT2D eigenvalue weighted by molar-refractivity contribution is 7.89. The van der Waals surface area contributed by atoms with Crippen LogP contribution in [0, 0.1) is 17.2 Å². The highest BCUT2D eigenvalue weighted by atomic mass is 32.2. The first-order valence-corrected chi connectivity index (χ1v) is 5.08. The number of nitriles is 1. The van der Waals surface area contributed by atoms with Crippen molar-refractivity contribution in [2.24, 2.45) is 11.1 Å². The maximum absolute atomic E-state index is 10.8. The molecule has 4 nitrogen and oxygen atoms in total. The molecule has 1 fully saturated rings. The molecule has 1 saturated carbocycles. The van der Waals surface area contributed by atoms with Crippen molar-refractivity contribution < 1.29 is 8.42 Å². The summed E-state index contributed by atoms with van der Waals surface area (Å²) in [6.45, 7) is 0. The topological polar surface area (TPSA) is 83.9 Å². The van der Waals surface area contributed by atoms with Gasteiger partial charge in [-0.3, -0.25) is 0 Å². The van der Waals surface area contributed by atoms with Crippen LogP contribution in [0.4, 0.5) is 0 Å². The summed E-state index contributed by atoms with van der Waals surface area (Å²) >= 11 is 0. The minimum Gasteiger partial charge on any atom is -0.228 e. The molecule has 1 aliphatic rings. The van der Waals surface area contributed by atoms with E-state index < -0.39 is 15.3 Å². The number of hydrogen-bond donors (Lipinski definition) is 1. The zero-order valence-electron chi connectivity index (χ0n) is 6.03. The van der Waals surface area contributed by atoms with Gasteiger partial charge in [0.05, 0.1) is 17.2 Å². The molecule has 2 unspecified atom stereocenters. The minimum absolute atomic E-state index is 0.384. The largest absolute Gasteiger partial charge is 0.228 e. The van der Waals surface area contributed by atoms with Gasteiger partial charge in [-0.2, -0.15) is 5.26 Å². The van der Waals surface area contributed by atoms with E-state index in [9.17, 15) is 8.42 Å². The number of sulfonamides is 1. The van der Waals surface area contributed by atoms with Gasteiger partial charge in [0.15, 0.2) is 0 Å². The molecule has 0 bridgehead atoms. The average Bonchev–Trinajstić information content (AvgIpc) is 2.31. The minimum atomic E-state index is -3.49. The van der Waals surface area contributed by atoms with E-state index in [0.29, 0.717) is 12.8 Å². The lowest BCUT2D eigenvalue weighted by Crippen LogP contribution is -2.30. The number of rotatable bonds is 1. The van der Waals surface area contributed by atoms with Crippen LogP contribution in [0.15, 0.2) is 0 Å². The fourth-order valence-corrected chi connectivity index (χ4v) is 2.62. The van der Waals surface area contributed by atoms with E-state index in [2.05, 4.69) is 0 Å². The van der Waals surface area contributed by atoms with Crippen molar-refractivity contribution in [2.75, 3.05) is 0 Å².